The van der Waals surface area contributed by atoms with Gasteiger partial charge >= 0.3 is 6.03 Å². The number of amides is 2. The number of ether oxygens (including phenoxy) is 1. The Morgan fingerprint density at radius 3 is 2.80 bits per heavy atom. The lowest BCUT2D eigenvalue weighted by Gasteiger charge is -2.27. The summed E-state index contributed by atoms with van der Waals surface area (Å²) in [6.07, 6.45) is 5.57. The lowest BCUT2D eigenvalue weighted by Crippen LogP contribution is -2.40. The molecule has 132 valence electrons. The van der Waals surface area contributed by atoms with Crippen molar-refractivity contribution in [3.8, 4) is 5.75 Å². The standard InChI is InChI=1S/C20H25N3O2/c1-14-6-7-19(25-3)17(13-14)15(2)22-20(24)23-12-4-5-18(23)16-8-10-21-11-9-16/h6-11,13,15,18H,4-5,12H2,1-3H3,(H,22,24). The topological polar surface area (TPSA) is 54.5 Å². The van der Waals surface area contributed by atoms with Crippen molar-refractivity contribution < 1.29 is 9.53 Å². The minimum absolute atomic E-state index is 0.0321. The van der Waals surface area contributed by atoms with Crippen molar-refractivity contribution in [2.75, 3.05) is 13.7 Å². The molecule has 2 heterocycles. The first-order chi connectivity index (χ1) is 12.1. The number of benzene rings is 1. The van der Waals surface area contributed by atoms with Gasteiger partial charge in [-0.1, -0.05) is 17.7 Å². The van der Waals surface area contributed by atoms with Crippen LogP contribution in [0.3, 0.4) is 0 Å². The lowest BCUT2D eigenvalue weighted by atomic mass is 10.0. The molecule has 1 fully saturated rings. The largest absolute Gasteiger partial charge is 0.496 e. The Bertz CT molecular complexity index is 733. The fourth-order valence-corrected chi connectivity index (χ4v) is 3.48. The summed E-state index contributed by atoms with van der Waals surface area (Å²) in [7, 11) is 1.66. The number of nitrogens with one attached hydrogen (secondary N) is 1. The Balaban J connectivity index is 1.74. The molecule has 2 atom stereocenters. The van der Waals surface area contributed by atoms with Gasteiger partial charge in [0.1, 0.15) is 5.75 Å². The zero-order valence-electron chi connectivity index (χ0n) is 15.0. The molecular weight excluding hydrogens is 314 g/mol. The molecule has 25 heavy (non-hydrogen) atoms. The third kappa shape index (κ3) is 3.76. The van der Waals surface area contributed by atoms with E-state index in [4.69, 9.17) is 4.74 Å². The summed E-state index contributed by atoms with van der Waals surface area (Å²) in [6.45, 7) is 4.81. The van der Waals surface area contributed by atoms with Gasteiger partial charge in [0, 0.05) is 24.5 Å². The van der Waals surface area contributed by atoms with Crippen LogP contribution in [0.5, 0.6) is 5.75 Å². The lowest BCUT2D eigenvalue weighted by molar-refractivity contribution is 0.189. The van der Waals surface area contributed by atoms with Gasteiger partial charge in [-0.15, -0.1) is 0 Å². The highest BCUT2D eigenvalue weighted by atomic mass is 16.5. The van der Waals surface area contributed by atoms with E-state index in [9.17, 15) is 4.79 Å². The molecule has 2 aromatic rings. The van der Waals surface area contributed by atoms with Crippen molar-refractivity contribution in [3.05, 3.63) is 59.4 Å². The average Bonchev–Trinajstić information content (AvgIpc) is 3.12. The van der Waals surface area contributed by atoms with Gasteiger partial charge in [0.15, 0.2) is 0 Å². The molecule has 1 aromatic heterocycles. The van der Waals surface area contributed by atoms with E-state index in [2.05, 4.69) is 16.4 Å². The maximum Gasteiger partial charge on any atom is 0.318 e. The number of carbonyl (C=O) groups is 1. The van der Waals surface area contributed by atoms with E-state index in [1.165, 1.54) is 0 Å². The predicted octanol–water partition coefficient (Wildman–Crippen LogP) is 4.01. The van der Waals surface area contributed by atoms with Gasteiger partial charge in [0.2, 0.25) is 0 Å². The van der Waals surface area contributed by atoms with Crippen molar-refractivity contribution in [1.82, 2.24) is 15.2 Å². The number of rotatable bonds is 4. The van der Waals surface area contributed by atoms with E-state index in [1.807, 2.05) is 43.0 Å². The fourth-order valence-electron chi connectivity index (χ4n) is 3.48. The summed E-state index contributed by atoms with van der Waals surface area (Å²) < 4.78 is 5.45. The van der Waals surface area contributed by atoms with E-state index in [-0.39, 0.29) is 18.1 Å². The predicted molar refractivity (Wildman–Crippen MR) is 97.6 cm³/mol. The summed E-state index contributed by atoms with van der Waals surface area (Å²) in [5.41, 5.74) is 3.28. The van der Waals surface area contributed by atoms with Crippen LogP contribution in [0.25, 0.3) is 0 Å². The molecule has 1 aromatic carbocycles. The molecule has 1 aliphatic rings. The van der Waals surface area contributed by atoms with Gasteiger partial charge < -0.3 is 15.0 Å². The van der Waals surface area contributed by atoms with E-state index < -0.39 is 0 Å². The van der Waals surface area contributed by atoms with Crippen LogP contribution in [0.1, 0.15) is 48.5 Å². The second-order valence-corrected chi connectivity index (χ2v) is 6.55. The molecule has 1 aliphatic heterocycles. The summed E-state index contributed by atoms with van der Waals surface area (Å²) in [4.78, 5) is 18.8. The molecule has 0 aliphatic carbocycles. The van der Waals surface area contributed by atoms with E-state index in [0.717, 1.165) is 41.8 Å². The van der Waals surface area contributed by atoms with E-state index in [1.54, 1.807) is 19.5 Å². The highest BCUT2D eigenvalue weighted by Gasteiger charge is 2.30. The van der Waals surface area contributed by atoms with Crippen LogP contribution in [-0.4, -0.2) is 29.6 Å². The molecule has 2 unspecified atom stereocenters. The normalized spacial score (nSPS) is 18.0. The third-order valence-electron chi connectivity index (χ3n) is 4.80. The van der Waals surface area contributed by atoms with Gasteiger partial charge in [-0.05, 0) is 50.5 Å². The quantitative estimate of drug-likeness (QED) is 0.916. The van der Waals surface area contributed by atoms with Gasteiger partial charge in [-0.25, -0.2) is 4.79 Å². The first-order valence-electron chi connectivity index (χ1n) is 8.71. The first kappa shape index (κ1) is 17.3. The zero-order valence-corrected chi connectivity index (χ0v) is 15.0. The number of methoxy groups -OCH3 is 1. The number of aromatic nitrogens is 1. The Morgan fingerprint density at radius 2 is 2.08 bits per heavy atom. The van der Waals surface area contributed by atoms with Gasteiger partial charge in [-0.3, -0.25) is 4.98 Å². The smallest absolute Gasteiger partial charge is 0.318 e. The van der Waals surface area contributed by atoms with Crippen molar-refractivity contribution in [2.45, 2.75) is 38.8 Å². The van der Waals surface area contributed by atoms with Crippen LogP contribution in [0.15, 0.2) is 42.7 Å². The Morgan fingerprint density at radius 1 is 1.32 bits per heavy atom. The number of urea groups is 1. The van der Waals surface area contributed by atoms with Crippen LogP contribution in [0.4, 0.5) is 4.79 Å². The molecule has 5 nitrogen and oxygen atoms in total. The Hall–Kier alpha value is -2.56. The van der Waals surface area contributed by atoms with Crippen LogP contribution in [0, 0.1) is 6.92 Å². The Kier molecular flexibility index (Phi) is 5.22. The number of pyridine rings is 1. The molecule has 3 rings (SSSR count). The van der Waals surface area contributed by atoms with Crippen molar-refractivity contribution >= 4 is 6.03 Å². The highest BCUT2D eigenvalue weighted by Crippen LogP contribution is 2.32. The SMILES string of the molecule is COc1ccc(C)cc1C(C)NC(=O)N1CCCC1c1ccncc1. The van der Waals surface area contributed by atoms with E-state index in [0.29, 0.717) is 0 Å². The van der Waals surface area contributed by atoms with Crippen molar-refractivity contribution in [3.63, 3.8) is 0 Å². The van der Waals surface area contributed by atoms with Gasteiger partial charge in [-0.2, -0.15) is 0 Å². The molecule has 2 amide bonds. The molecule has 1 N–H and O–H groups in total. The Labute approximate surface area is 149 Å². The van der Waals surface area contributed by atoms with Crippen molar-refractivity contribution in [1.29, 1.82) is 0 Å². The molecule has 0 saturated carbocycles. The monoisotopic (exact) mass is 339 g/mol. The minimum Gasteiger partial charge on any atom is -0.496 e. The first-order valence-corrected chi connectivity index (χ1v) is 8.71. The van der Waals surface area contributed by atoms with Crippen LogP contribution < -0.4 is 10.1 Å². The van der Waals surface area contributed by atoms with Crippen molar-refractivity contribution in [2.24, 2.45) is 0 Å². The maximum atomic E-state index is 12.9. The number of aryl methyl sites for hydroxylation is 1. The highest BCUT2D eigenvalue weighted by molar-refractivity contribution is 5.75. The minimum atomic E-state index is -0.124. The second kappa shape index (κ2) is 7.55. The molecule has 0 radical (unpaired) electrons. The molecule has 0 spiro atoms. The third-order valence-corrected chi connectivity index (χ3v) is 4.80. The number of hydrogen-bond acceptors (Lipinski definition) is 3. The van der Waals surface area contributed by atoms with Crippen LogP contribution in [-0.2, 0) is 0 Å². The zero-order chi connectivity index (χ0) is 17.8. The molecular formula is C20H25N3O2. The molecule has 0 bridgehead atoms. The van der Waals surface area contributed by atoms with Crippen LogP contribution in [0.2, 0.25) is 0 Å². The number of nitrogens with zero attached hydrogens (tertiary/aromatic N) is 2. The second-order valence-electron chi connectivity index (χ2n) is 6.55. The summed E-state index contributed by atoms with van der Waals surface area (Å²) in [6, 6.07) is 9.96. The number of likely N-dealkylation sites (tertiary alicyclic amines) is 1. The molecule has 1 saturated heterocycles. The van der Waals surface area contributed by atoms with Gasteiger partial charge in [0.05, 0.1) is 19.2 Å². The fraction of sp³-hybridized carbons (Fsp3) is 0.400. The van der Waals surface area contributed by atoms with Crippen LogP contribution >= 0.6 is 0 Å². The number of carbonyl (C=O) groups excluding carboxylic acids is 1. The summed E-state index contributed by atoms with van der Waals surface area (Å²) in [5.74, 6) is 0.797. The summed E-state index contributed by atoms with van der Waals surface area (Å²) >= 11 is 0. The summed E-state index contributed by atoms with van der Waals surface area (Å²) in [5, 5.41) is 3.13. The average molecular weight is 339 g/mol. The van der Waals surface area contributed by atoms with Gasteiger partial charge in [0.25, 0.3) is 0 Å². The number of hydrogen-bond donors (Lipinski definition) is 1. The van der Waals surface area contributed by atoms with E-state index >= 15 is 0 Å². The maximum absolute atomic E-state index is 12.9. The molecule has 5 heteroatoms.